The summed E-state index contributed by atoms with van der Waals surface area (Å²) in [4.78, 5) is 15.3. The van der Waals surface area contributed by atoms with Gasteiger partial charge < -0.3 is 4.84 Å². The topological polar surface area (TPSA) is 38.7 Å². The average Bonchev–Trinajstić information content (AvgIpc) is 2.32. The molecule has 0 aliphatic heterocycles. The molecular formula is C13H20FNO2S. The van der Waals surface area contributed by atoms with Crippen LogP contribution in [0, 0.1) is 0 Å². The van der Waals surface area contributed by atoms with Gasteiger partial charge in [0.1, 0.15) is 0 Å². The first-order valence-corrected chi connectivity index (χ1v) is 6.18. The van der Waals surface area contributed by atoms with Gasteiger partial charge in [-0.3, -0.25) is 4.79 Å². The predicted molar refractivity (Wildman–Crippen MR) is 77.2 cm³/mol. The highest BCUT2D eigenvalue weighted by Crippen LogP contribution is 2.15. The molecule has 0 saturated carbocycles. The highest BCUT2D eigenvalue weighted by Gasteiger charge is 1.90. The third kappa shape index (κ3) is 17.0. The first-order valence-electron chi connectivity index (χ1n) is 5.47. The lowest BCUT2D eigenvalue weighted by Crippen LogP contribution is -1.99. The predicted octanol–water partition coefficient (Wildman–Crippen LogP) is 4.24. The Bertz CT molecular complexity index is 325. The van der Waals surface area contributed by atoms with Crippen molar-refractivity contribution in [3.8, 4) is 0 Å². The Balaban J connectivity index is 0. The number of carbonyl (C=O) groups is 1. The fourth-order valence-corrected chi connectivity index (χ4v) is 0.621. The number of hydrogen-bond donors (Lipinski definition) is 0. The van der Waals surface area contributed by atoms with Crippen LogP contribution in [0.1, 0.15) is 27.2 Å². The Morgan fingerprint density at radius 3 is 2.39 bits per heavy atom. The number of halogens is 1. The van der Waals surface area contributed by atoms with Gasteiger partial charge in [-0.15, -0.1) is 0 Å². The second-order valence-corrected chi connectivity index (χ2v) is 4.05. The van der Waals surface area contributed by atoms with Crippen molar-refractivity contribution in [3.63, 3.8) is 0 Å². The number of Topliss-reactive ketones (excluding diaryl/α,β-unsaturated/α-hetero) is 1. The number of nitrogens with zero attached hydrogens (tertiary/aromatic N) is 1. The van der Waals surface area contributed by atoms with Crippen molar-refractivity contribution in [2.75, 3.05) is 6.61 Å². The maximum Gasteiger partial charge on any atom is 0.174 e. The zero-order chi connectivity index (χ0) is 14.4. The molecule has 0 unspecified atom stereocenters. The standard InChI is InChI=1S/C10H12FNO2S.C3H8/c1-8(4-5-10(3)15-11)6-12-14-7-9(2)13;1-3-2/h4-6H,1,3,7H2,2H3;3H2,1-2H3/b5-4-,12-6-;. The molecule has 0 heterocycles. The van der Waals surface area contributed by atoms with E-state index in [4.69, 9.17) is 0 Å². The quantitative estimate of drug-likeness (QED) is 0.395. The van der Waals surface area contributed by atoms with E-state index in [1.807, 2.05) is 0 Å². The van der Waals surface area contributed by atoms with Crippen LogP contribution >= 0.6 is 12.1 Å². The zero-order valence-electron chi connectivity index (χ0n) is 11.1. The van der Waals surface area contributed by atoms with E-state index in [-0.39, 0.29) is 29.4 Å². The maximum absolute atomic E-state index is 11.9. The van der Waals surface area contributed by atoms with E-state index >= 15 is 0 Å². The van der Waals surface area contributed by atoms with E-state index in [0.717, 1.165) is 0 Å². The Kier molecular flexibility index (Phi) is 14.5. The zero-order valence-corrected chi connectivity index (χ0v) is 11.9. The van der Waals surface area contributed by atoms with Crippen LogP contribution in [0.5, 0.6) is 0 Å². The lowest BCUT2D eigenvalue weighted by atomic mass is 10.3. The van der Waals surface area contributed by atoms with E-state index in [1.54, 1.807) is 0 Å². The third-order valence-electron chi connectivity index (χ3n) is 1.14. The summed E-state index contributed by atoms with van der Waals surface area (Å²) < 4.78 is 11.9. The van der Waals surface area contributed by atoms with E-state index in [9.17, 15) is 8.68 Å². The number of rotatable bonds is 7. The van der Waals surface area contributed by atoms with Gasteiger partial charge in [-0.05, 0) is 18.6 Å². The highest BCUT2D eigenvalue weighted by molar-refractivity contribution is 7.98. The largest absolute Gasteiger partial charge is 0.388 e. The van der Waals surface area contributed by atoms with Crippen LogP contribution in [0.2, 0.25) is 0 Å². The highest BCUT2D eigenvalue weighted by atomic mass is 32.2. The van der Waals surface area contributed by atoms with Crippen molar-refractivity contribution >= 4 is 24.1 Å². The summed E-state index contributed by atoms with van der Waals surface area (Å²) in [5.41, 5.74) is 0.522. The van der Waals surface area contributed by atoms with E-state index in [0.29, 0.717) is 5.57 Å². The molecule has 0 spiro atoms. The first kappa shape index (κ1) is 19.0. The number of oxime groups is 1. The van der Waals surface area contributed by atoms with Crippen LogP contribution in [0.4, 0.5) is 3.89 Å². The Hall–Kier alpha value is -1.36. The monoisotopic (exact) mass is 273 g/mol. The van der Waals surface area contributed by atoms with Crippen LogP contribution in [-0.2, 0) is 9.63 Å². The number of ketones is 1. The molecule has 0 atom stereocenters. The molecule has 0 aliphatic rings. The third-order valence-corrected chi connectivity index (χ3v) is 1.48. The molecule has 0 aromatic rings. The molecule has 0 radical (unpaired) electrons. The molecule has 18 heavy (non-hydrogen) atoms. The summed E-state index contributed by atoms with van der Waals surface area (Å²) in [5.74, 6) is -0.115. The van der Waals surface area contributed by atoms with Gasteiger partial charge in [0.15, 0.2) is 12.4 Å². The van der Waals surface area contributed by atoms with Crippen molar-refractivity contribution in [2.24, 2.45) is 5.16 Å². The summed E-state index contributed by atoms with van der Waals surface area (Å²) in [6, 6.07) is 0. The molecule has 0 fully saturated rings. The van der Waals surface area contributed by atoms with Crippen LogP contribution < -0.4 is 0 Å². The number of hydrogen-bond acceptors (Lipinski definition) is 4. The Labute approximate surface area is 113 Å². The molecule has 102 valence electrons. The lowest BCUT2D eigenvalue weighted by Gasteiger charge is -1.93. The van der Waals surface area contributed by atoms with Gasteiger partial charge in [0.05, 0.1) is 18.4 Å². The van der Waals surface area contributed by atoms with Crippen LogP contribution in [0.3, 0.4) is 0 Å². The molecule has 0 aromatic carbocycles. The van der Waals surface area contributed by atoms with E-state index < -0.39 is 0 Å². The minimum absolute atomic E-state index is 0.0563. The van der Waals surface area contributed by atoms with Gasteiger partial charge >= 0.3 is 0 Å². The minimum Gasteiger partial charge on any atom is -0.388 e. The van der Waals surface area contributed by atoms with Crippen molar-refractivity contribution in [1.29, 1.82) is 0 Å². The molecule has 0 N–H and O–H groups in total. The fourth-order valence-electron chi connectivity index (χ4n) is 0.502. The van der Waals surface area contributed by atoms with Gasteiger partial charge in [-0.1, -0.05) is 44.7 Å². The van der Waals surface area contributed by atoms with Gasteiger partial charge in [0, 0.05) is 4.91 Å². The van der Waals surface area contributed by atoms with Crippen LogP contribution in [0.15, 0.2) is 40.9 Å². The van der Waals surface area contributed by atoms with Crippen molar-refractivity contribution < 1.29 is 13.5 Å². The molecular weight excluding hydrogens is 253 g/mol. The molecule has 0 saturated heterocycles. The van der Waals surface area contributed by atoms with E-state index in [1.165, 1.54) is 31.7 Å². The van der Waals surface area contributed by atoms with Crippen LogP contribution in [0.25, 0.3) is 0 Å². The smallest absolute Gasteiger partial charge is 0.174 e. The summed E-state index contributed by atoms with van der Waals surface area (Å²) in [6.45, 7) is 12.6. The first-order chi connectivity index (χ1) is 8.47. The van der Waals surface area contributed by atoms with Gasteiger partial charge in [-0.25, -0.2) is 0 Å². The lowest BCUT2D eigenvalue weighted by molar-refractivity contribution is -0.121. The second-order valence-electron chi connectivity index (χ2n) is 3.37. The Morgan fingerprint density at radius 1 is 1.39 bits per heavy atom. The molecule has 0 amide bonds. The van der Waals surface area contributed by atoms with Gasteiger partial charge in [0.25, 0.3) is 0 Å². The van der Waals surface area contributed by atoms with Crippen molar-refractivity contribution in [3.05, 3.63) is 35.8 Å². The second kappa shape index (κ2) is 13.7. The van der Waals surface area contributed by atoms with Crippen molar-refractivity contribution in [1.82, 2.24) is 0 Å². The minimum atomic E-state index is -0.115. The SMILES string of the molecule is C=C(/C=C\C(=C)SF)/C=N\OCC(C)=O.CCC. The molecule has 0 aromatic heterocycles. The molecule has 3 nitrogen and oxygen atoms in total. The normalized spacial score (nSPS) is 10.0. The molecule has 0 bridgehead atoms. The van der Waals surface area contributed by atoms with Crippen molar-refractivity contribution in [2.45, 2.75) is 27.2 Å². The van der Waals surface area contributed by atoms with Crippen LogP contribution in [-0.4, -0.2) is 18.6 Å². The van der Waals surface area contributed by atoms with E-state index in [2.05, 4.69) is 37.0 Å². The summed E-state index contributed by atoms with van der Waals surface area (Å²) >= 11 is 0.0563. The Morgan fingerprint density at radius 2 is 1.94 bits per heavy atom. The fraction of sp³-hybridized carbons (Fsp3) is 0.385. The summed E-state index contributed by atoms with van der Waals surface area (Å²) in [6.07, 6.45) is 5.58. The molecule has 0 rings (SSSR count). The number of carbonyl (C=O) groups excluding carboxylic acids is 1. The number of allylic oxidation sites excluding steroid dienone is 3. The average molecular weight is 273 g/mol. The van der Waals surface area contributed by atoms with Gasteiger partial charge in [0.2, 0.25) is 0 Å². The molecule has 0 aliphatic carbocycles. The van der Waals surface area contributed by atoms with Gasteiger partial charge in [-0.2, -0.15) is 3.89 Å². The summed E-state index contributed by atoms with van der Waals surface area (Å²) in [5, 5.41) is 3.49. The maximum atomic E-state index is 11.9. The molecule has 5 heteroatoms. The summed E-state index contributed by atoms with van der Waals surface area (Å²) in [7, 11) is 0.